The van der Waals surface area contributed by atoms with E-state index < -0.39 is 5.97 Å². The van der Waals surface area contributed by atoms with Crippen molar-refractivity contribution in [1.82, 2.24) is 0 Å². The number of benzene rings is 2. The van der Waals surface area contributed by atoms with Gasteiger partial charge in [-0.05, 0) is 63.8 Å². The van der Waals surface area contributed by atoms with Crippen molar-refractivity contribution in [2.75, 3.05) is 0 Å². The molecular formula is C22H19BrO3S. The number of carbonyl (C=O) groups is 1. The molecule has 5 heteroatoms. The minimum atomic E-state index is -0.917. The van der Waals surface area contributed by atoms with Crippen LogP contribution in [0.1, 0.15) is 28.4 Å². The summed E-state index contributed by atoms with van der Waals surface area (Å²) >= 11 is 5.20. The zero-order valence-electron chi connectivity index (χ0n) is 14.8. The number of carboxylic acid groups (broad SMARTS) is 1. The quantitative estimate of drug-likeness (QED) is 0.422. The van der Waals surface area contributed by atoms with Gasteiger partial charge in [0, 0.05) is 11.3 Å². The minimum Gasteiger partial charge on any atom is -0.493 e. The highest BCUT2D eigenvalue weighted by atomic mass is 79.9. The van der Waals surface area contributed by atoms with Crippen molar-refractivity contribution in [1.29, 1.82) is 0 Å². The Hall–Kier alpha value is -2.37. The Labute approximate surface area is 171 Å². The van der Waals surface area contributed by atoms with E-state index >= 15 is 0 Å². The van der Waals surface area contributed by atoms with Crippen molar-refractivity contribution < 1.29 is 14.6 Å². The van der Waals surface area contributed by atoms with Gasteiger partial charge in [-0.15, -0.1) is 11.3 Å². The molecule has 138 valence electrons. The first-order valence-corrected chi connectivity index (χ1v) is 10.1. The van der Waals surface area contributed by atoms with Crippen LogP contribution in [0.3, 0.4) is 0 Å². The number of allylic oxidation sites excluding steroid dienone is 2. The molecule has 2 aromatic carbocycles. The highest BCUT2D eigenvalue weighted by Crippen LogP contribution is 2.37. The normalized spacial score (nSPS) is 11.4. The molecular weight excluding hydrogens is 424 g/mol. The predicted octanol–water partition coefficient (Wildman–Crippen LogP) is 6.54. The van der Waals surface area contributed by atoms with Crippen molar-refractivity contribution in [3.63, 3.8) is 0 Å². The Balaban J connectivity index is 1.77. The van der Waals surface area contributed by atoms with Gasteiger partial charge in [0.15, 0.2) is 0 Å². The van der Waals surface area contributed by atoms with Crippen LogP contribution in [0, 0.1) is 0 Å². The third-order valence-corrected chi connectivity index (χ3v) is 5.86. The molecule has 0 bridgehead atoms. The van der Waals surface area contributed by atoms with Crippen molar-refractivity contribution in [3.8, 4) is 10.4 Å². The second-order valence-electron chi connectivity index (χ2n) is 5.99. The molecule has 0 aliphatic rings. The number of hydrogen-bond acceptors (Lipinski definition) is 3. The summed E-state index contributed by atoms with van der Waals surface area (Å²) in [7, 11) is 0. The van der Waals surface area contributed by atoms with Crippen LogP contribution in [0.25, 0.3) is 10.4 Å². The molecule has 1 aromatic heterocycles. The summed E-state index contributed by atoms with van der Waals surface area (Å²) in [6, 6.07) is 19.2. The maximum Gasteiger partial charge on any atom is 0.335 e. The van der Waals surface area contributed by atoms with Gasteiger partial charge >= 0.3 is 5.97 Å². The lowest BCUT2D eigenvalue weighted by Gasteiger charge is -2.11. The van der Waals surface area contributed by atoms with E-state index in [1.165, 1.54) is 0 Å². The van der Waals surface area contributed by atoms with E-state index in [0.717, 1.165) is 31.1 Å². The van der Waals surface area contributed by atoms with E-state index in [-0.39, 0.29) is 5.56 Å². The standard InChI is InChI=1S/C22H19BrO3S/c1-2-19(26-14-15-6-4-3-5-7-15)12-18-13-20(23)27-21(18)16-8-10-17(11-9-16)22(24)25/h2-11,13H,12,14H2,1H3,(H,24,25)/b19-2-. The molecule has 0 atom stereocenters. The van der Waals surface area contributed by atoms with Crippen molar-refractivity contribution in [2.45, 2.75) is 20.0 Å². The average molecular weight is 443 g/mol. The van der Waals surface area contributed by atoms with Crippen LogP contribution >= 0.6 is 27.3 Å². The van der Waals surface area contributed by atoms with E-state index in [0.29, 0.717) is 13.0 Å². The van der Waals surface area contributed by atoms with Crippen LogP contribution in [0.5, 0.6) is 0 Å². The summed E-state index contributed by atoms with van der Waals surface area (Å²) in [6.45, 7) is 2.51. The van der Waals surface area contributed by atoms with E-state index in [2.05, 4.69) is 22.0 Å². The first-order valence-electron chi connectivity index (χ1n) is 8.50. The zero-order chi connectivity index (χ0) is 19.2. The number of ether oxygens (including phenoxy) is 1. The Kier molecular flexibility index (Phi) is 6.48. The van der Waals surface area contributed by atoms with E-state index in [4.69, 9.17) is 9.84 Å². The Morgan fingerprint density at radius 1 is 1.15 bits per heavy atom. The smallest absolute Gasteiger partial charge is 0.335 e. The van der Waals surface area contributed by atoms with Crippen molar-refractivity contribution in [3.05, 3.63) is 93.0 Å². The molecule has 0 aliphatic carbocycles. The lowest BCUT2D eigenvalue weighted by molar-refractivity contribution is 0.0697. The summed E-state index contributed by atoms with van der Waals surface area (Å²) in [5, 5.41) is 9.08. The summed E-state index contributed by atoms with van der Waals surface area (Å²) < 4.78 is 7.04. The highest BCUT2D eigenvalue weighted by Gasteiger charge is 2.13. The van der Waals surface area contributed by atoms with Crippen LogP contribution in [-0.4, -0.2) is 11.1 Å². The highest BCUT2D eigenvalue weighted by molar-refractivity contribution is 9.11. The Morgan fingerprint density at radius 2 is 1.85 bits per heavy atom. The van der Waals surface area contributed by atoms with Gasteiger partial charge in [0.05, 0.1) is 15.1 Å². The maximum absolute atomic E-state index is 11.1. The van der Waals surface area contributed by atoms with Crippen LogP contribution < -0.4 is 0 Å². The average Bonchev–Trinajstić information content (AvgIpc) is 3.06. The Bertz CT molecular complexity index is 943. The molecule has 0 aliphatic heterocycles. The number of rotatable bonds is 7. The maximum atomic E-state index is 11.1. The fraction of sp³-hybridized carbons (Fsp3) is 0.136. The van der Waals surface area contributed by atoms with Crippen molar-refractivity contribution >= 4 is 33.2 Å². The van der Waals surface area contributed by atoms with Gasteiger partial charge in [-0.2, -0.15) is 0 Å². The second kappa shape index (κ2) is 9.02. The molecule has 3 aromatic rings. The van der Waals surface area contributed by atoms with Crippen LogP contribution in [-0.2, 0) is 17.8 Å². The molecule has 3 nitrogen and oxygen atoms in total. The summed E-state index contributed by atoms with van der Waals surface area (Å²) in [5.74, 6) is -0.00722. The molecule has 0 saturated heterocycles. The van der Waals surface area contributed by atoms with Crippen LogP contribution in [0.15, 0.2) is 76.3 Å². The molecule has 0 fully saturated rings. The largest absolute Gasteiger partial charge is 0.493 e. The van der Waals surface area contributed by atoms with Gasteiger partial charge in [-0.1, -0.05) is 42.5 Å². The topological polar surface area (TPSA) is 46.5 Å². The first-order chi connectivity index (χ1) is 13.1. The minimum absolute atomic E-state index is 0.288. The van der Waals surface area contributed by atoms with E-state index in [1.807, 2.05) is 55.5 Å². The second-order valence-corrected chi connectivity index (χ2v) is 8.42. The van der Waals surface area contributed by atoms with Crippen molar-refractivity contribution in [2.24, 2.45) is 0 Å². The molecule has 27 heavy (non-hydrogen) atoms. The van der Waals surface area contributed by atoms with Gasteiger partial charge in [0.2, 0.25) is 0 Å². The molecule has 1 heterocycles. The molecule has 0 saturated carbocycles. The summed E-state index contributed by atoms with van der Waals surface area (Å²) in [4.78, 5) is 12.2. The number of thiophene rings is 1. The lowest BCUT2D eigenvalue weighted by atomic mass is 10.0. The van der Waals surface area contributed by atoms with E-state index in [1.54, 1.807) is 23.5 Å². The number of hydrogen-bond donors (Lipinski definition) is 1. The molecule has 0 unspecified atom stereocenters. The zero-order valence-corrected chi connectivity index (χ0v) is 17.2. The van der Waals surface area contributed by atoms with E-state index in [9.17, 15) is 4.79 Å². The molecule has 0 radical (unpaired) electrons. The summed E-state index contributed by atoms with van der Waals surface area (Å²) in [5.41, 5.74) is 3.57. The van der Waals surface area contributed by atoms with Gasteiger partial charge in [-0.25, -0.2) is 4.79 Å². The first kappa shape index (κ1) is 19.4. The molecule has 3 rings (SSSR count). The van der Waals surface area contributed by atoms with Gasteiger partial charge in [-0.3, -0.25) is 0 Å². The SMILES string of the molecule is C/C=C(/Cc1cc(Br)sc1-c1ccc(C(=O)O)cc1)OCc1ccccc1. The fourth-order valence-corrected chi connectivity index (χ4v) is 4.38. The Morgan fingerprint density at radius 3 is 2.48 bits per heavy atom. The van der Waals surface area contributed by atoms with Gasteiger partial charge in [0.25, 0.3) is 0 Å². The molecule has 0 spiro atoms. The third kappa shape index (κ3) is 5.08. The van der Waals surface area contributed by atoms with Gasteiger partial charge < -0.3 is 9.84 Å². The number of carboxylic acids is 1. The molecule has 0 amide bonds. The third-order valence-electron chi connectivity index (χ3n) is 4.13. The fourth-order valence-electron chi connectivity index (χ4n) is 2.71. The van der Waals surface area contributed by atoms with Crippen LogP contribution in [0.2, 0.25) is 0 Å². The molecule has 1 N–H and O–H groups in total. The monoisotopic (exact) mass is 442 g/mol. The lowest BCUT2D eigenvalue weighted by Crippen LogP contribution is -1.98. The van der Waals surface area contributed by atoms with Gasteiger partial charge in [0.1, 0.15) is 6.61 Å². The number of aromatic carboxylic acids is 1. The number of halogens is 1. The summed E-state index contributed by atoms with van der Waals surface area (Å²) in [6.07, 6.45) is 2.67. The predicted molar refractivity (Wildman–Crippen MR) is 113 cm³/mol. The van der Waals surface area contributed by atoms with Crippen LogP contribution in [0.4, 0.5) is 0 Å².